The van der Waals surface area contributed by atoms with Crippen LogP contribution in [0.15, 0.2) is 27.7 Å². The molecule has 1 aromatic heterocycles. The molecule has 5 nitrogen and oxygen atoms in total. The Kier molecular flexibility index (Phi) is 3.04. The highest BCUT2D eigenvalue weighted by Crippen LogP contribution is 2.27. The zero-order valence-corrected chi connectivity index (χ0v) is 11.8. The van der Waals surface area contributed by atoms with Gasteiger partial charge in [0.1, 0.15) is 5.52 Å². The van der Waals surface area contributed by atoms with Gasteiger partial charge in [0, 0.05) is 24.5 Å². The standard InChI is InChI=1S/C15H17N3O2/c1-9(2)15-17-12-7-11(4-5-13(12)20-15)18-14(19)6-10(3)8-16-18/h4-5,7-10H,6H2,1-3H3. The Morgan fingerprint density at radius 1 is 1.40 bits per heavy atom. The number of oxazole rings is 1. The van der Waals surface area contributed by atoms with Gasteiger partial charge in [-0.25, -0.2) is 9.99 Å². The van der Waals surface area contributed by atoms with Crippen molar-refractivity contribution in [3.05, 3.63) is 24.1 Å². The fourth-order valence-corrected chi connectivity index (χ4v) is 2.18. The van der Waals surface area contributed by atoms with Gasteiger partial charge in [0.15, 0.2) is 11.5 Å². The van der Waals surface area contributed by atoms with E-state index in [1.54, 1.807) is 6.21 Å². The van der Waals surface area contributed by atoms with Crippen molar-refractivity contribution in [2.75, 3.05) is 5.01 Å². The van der Waals surface area contributed by atoms with Crippen molar-refractivity contribution in [1.82, 2.24) is 4.98 Å². The monoisotopic (exact) mass is 271 g/mol. The summed E-state index contributed by atoms with van der Waals surface area (Å²) in [6.45, 7) is 6.05. The van der Waals surface area contributed by atoms with Crippen LogP contribution in [-0.4, -0.2) is 17.1 Å². The van der Waals surface area contributed by atoms with Gasteiger partial charge < -0.3 is 4.42 Å². The Bertz CT molecular complexity index is 687. The fraction of sp³-hybridized carbons (Fsp3) is 0.400. The van der Waals surface area contributed by atoms with Gasteiger partial charge in [-0.1, -0.05) is 20.8 Å². The second-order valence-electron chi connectivity index (χ2n) is 5.51. The maximum Gasteiger partial charge on any atom is 0.248 e. The van der Waals surface area contributed by atoms with E-state index < -0.39 is 0 Å². The van der Waals surface area contributed by atoms with E-state index in [-0.39, 0.29) is 17.7 Å². The summed E-state index contributed by atoms with van der Waals surface area (Å²) in [5, 5.41) is 5.64. The first-order chi connectivity index (χ1) is 9.54. The van der Waals surface area contributed by atoms with Gasteiger partial charge in [-0.3, -0.25) is 4.79 Å². The summed E-state index contributed by atoms with van der Waals surface area (Å²) in [5.74, 6) is 1.15. The molecule has 1 atom stereocenters. The first kappa shape index (κ1) is 12.8. The summed E-state index contributed by atoms with van der Waals surface area (Å²) in [5.41, 5.74) is 2.22. The van der Waals surface area contributed by atoms with Crippen molar-refractivity contribution < 1.29 is 9.21 Å². The predicted octanol–water partition coefficient (Wildman–Crippen LogP) is 3.31. The fourth-order valence-electron chi connectivity index (χ4n) is 2.18. The molecule has 5 heteroatoms. The number of carbonyl (C=O) groups excluding carboxylic acids is 1. The molecule has 3 rings (SSSR count). The normalized spacial score (nSPS) is 19.3. The quantitative estimate of drug-likeness (QED) is 0.842. The molecule has 1 unspecified atom stereocenters. The lowest BCUT2D eigenvalue weighted by atomic mass is 10.1. The first-order valence-electron chi connectivity index (χ1n) is 6.82. The van der Waals surface area contributed by atoms with Crippen LogP contribution in [0.25, 0.3) is 11.1 Å². The Balaban J connectivity index is 2.00. The largest absolute Gasteiger partial charge is 0.440 e. The summed E-state index contributed by atoms with van der Waals surface area (Å²) in [6, 6.07) is 5.52. The number of rotatable bonds is 2. The summed E-state index contributed by atoms with van der Waals surface area (Å²) in [4.78, 5) is 16.5. The van der Waals surface area contributed by atoms with Crippen molar-refractivity contribution in [3.63, 3.8) is 0 Å². The molecular formula is C15H17N3O2. The molecule has 0 saturated carbocycles. The molecule has 104 valence electrons. The molecule has 1 aromatic carbocycles. The third kappa shape index (κ3) is 2.19. The first-order valence-corrected chi connectivity index (χ1v) is 6.82. The Morgan fingerprint density at radius 3 is 2.90 bits per heavy atom. The number of hydrogen-bond donors (Lipinski definition) is 0. The number of amides is 1. The van der Waals surface area contributed by atoms with Crippen molar-refractivity contribution in [2.45, 2.75) is 33.1 Å². The van der Waals surface area contributed by atoms with Crippen LogP contribution in [0.1, 0.15) is 39.0 Å². The lowest BCUT2D eigenvalue weighted by Gasteiger charge is -2.22. The van der Waals surface area contributed by atoms with Crippen molar-refractivity contribution >= 4 is 28.9 Å². The number of hydrogen-bond acceptors (Lipinski definition) is 4. The highest BCUT2D eigenvalue weighted by Gasteiger charge is 2.22. The molecule has 0 radical (unpaired) electrons. The van der Waals surface area contributed by atoms with E-state index in [4.69, 9.17) is 4.42 Å². The second-order valence-corrected chi connectivity index (χ2v) is 5.51. The molecule has 0 fully saturated rings. The lowest BCUT2D eigenvalue weighted by molar-refractivity contribution is -0.119. The minimum absolute atomic E-state index is 0.00641. The molecule has 1 amide bonds. The number of hydrazone groups is 1. The van der Waals surface area contributed by atoms with Crippen LogP contribution < -0.4 is 5.01 Å². The minimum Gasteiger partial charge on any atom is -0.440 e. The van der Waals surface area contributed by atoms with Crippen LogP contribution in [0.4, 0.5) is 5.69 Å². The molecular weight excluding hydrogens is 254 g/mol. The average molecular weight is 271 g/mol. The lowest BCUT2D eigenvalue weighted by Crippen LogP contribution is -2.31. The topological polar surface area (TPSA) is 58.7 Å². The third-order valence-electron chi connectivity index (χ3n) is 3.30. The highest BCUT2D eigenvalue weighted by molar-refractivity contribution is 5.98. The number of carbonyl (C=O) groups is 1. The van der Waals surface area contributed by atoms with Gasteiger partial charge in [-0.2, -0.15) is 5.10 Å². The van der Waals surface area contributed by atoms with Crippen molar-refractivity contribution in [3.8, 4) is 0 Å². The number of anilines is 1. The molecule has 0 bridgehead atoms. The molecule has 2 heterocycles. The molecule has 0 saturated heterocycles. The zero-order valence-electron chi connectivity index (χ0n) is 11.8. The number of aromatic nitrogens is 1. The van der Waals surface area contributed by atoms with Gasteiger partial charge in [0.25, 0.3) is 0 Å². The summed E-state index contributed by atoms with van der Waals surface area (Å²) in [7, 11) is 0. The summed E-state index contributed by atoms with van der Waals surface area (Å²) < 4.78 is 5.66. The van der Waals surface area contributed by atoms with Gasteiger partial charge in [-0.05, 0) is 18.2 Å². The number of benzene rings is 1. The van der Waals surface area contributed by atoms with Crippen LogP contribution in [0.5, 0.6) is 0 Å². The Hall–Kier alpha value is -2.17. The molecule has 1 aliphatic heterocycles. The second kappa shape index (κ2) is 4.74. The Labute approximate surface area is 117 Å². The maximum atomic E-state index is 12.0. The zero-order chi connectivity index (χ0) is 14.3. The van der Waals surface area contributed by atoms with E-state index in [0.29, 0.717) is 12.3 Å². The minimum atomic E-state index is 0.00641. The maximum absolute atomic E-state index is 12.0. The molecule has 0 spiro atoms. The van der Waals surface area contributed by atoms with E-state index in [0.717, 1.165) is 16.8 Å². The van der Waals surface area contributed by atoms with Crippen LogP contribution in [0.3, 0.4) is 0 Å². The van der Waals surface area contributed by atoms with Crippen LogP contribution in [0.2, 0.25) is 0 Å². The van der Waals surface area contributed by atoms with Crippen molar-refractivity contribution in [1.29, 1.82) is 0 Å². The van der Waals surface area contributed by atoms with E-state index in [9.17, 15) is 4.79 Å². The molecule has 0 N–H and O–H groups in total. The van der Waals surface area contributed by atoms with Crippen LogP contribution in [0, 0.1) is 5.92 Å². The number of fused-ring (bicyclic) bond motifs is 1. The van der Waals surface area contributed by atoms with Gasteiger partial charge in [0.2, 0.25) is 5.91 Å². The van der Waals surface area contributed by atoms with Gasteiger partial charge in [0.05, 0.1) is 5.69 Å². The van der Waals surface area contributed by atoms with Crippen LogP contribution >= 0.6 is 0 Å². The smallest absolute Gasteiger partial charge is 0.248 e. The SMILES string of the molecule is CC1C=NN(c2ccc3oc(C(C)C)nc3c2)C(=O)C1. The summed E-state index contributed by atoms with van der Waals surface area (Å²) >= 11 is 0. The molecule has 2 aromatic rings. The van der Waals surface area contributed by atoms with E-state index in [1.807, 2.05) is 39.0 Å². The third-order valence-corrected chi connectivity index (χ3v) is 3.30. The number of nitrogens with zero attached hydrogens (tertiary/aromatic N) is 3. The van der Waals surface area contributed by atoms with E-state index in [2.05, 4.69) is 10.1 Å². The highest BCUT2D eigenvalue weighted by atomic mass is 16.3. The van der Waals surface area contributed by atoms with Gasteiger partial charge >= 0.3 is 0 Å². The van der Waals surface area contributed by atoms with Gasteiger partial charge in [-0.15, -0.1) is 0 Å². The average Bonchev–Trinajstić information content (AvgIpc) is 2.81. The predicted molar refractivity (Wildman–Crippen MR) is 77.9 cm³/mol. The summed E-state index contributed by atoms with van der Waals surface area (Å²) in [6.07, 6.45) is 2.28. The van der Waals surface area contributed by atoms with Crippen LogP contribution in [-0.2, 0) is 4.79 Å². The Morgan fingerprint density at radius 2 is 2.20 bits per heavy atom. The van der Waals surface area contributed by atoms with E-state index >= 15 is 0 Å². The van der Waals surface area contributed by atoms with Crippen molar-refractivity contribution in [2.24, 2.45) is 11.0 Å². The molecule has 0 aliphatic carbocycles. The molecule has 20 heavy (non-hydrogen) atoms. The molecule has 1 aliphatic rings. The van der Waals surface area contributed by atoms with E-state index in [1.165, 1.54) is 5.01 Å².